The number of carbonyl (C=O) groups excluding carboxylic acids is 1. The Labute approximate surface area is 250 Å². The number of likely N-dealkylation sites (N-methyl/N-ethyl adjacent to an activating group) is 1. The molecule has 0 unspecified atom stereocenters. The Kier molecular flexibility index (Phi) is 7.94. The molecule has 2 fully saturated rings. The van der Waals surface area contributed by atoms with Crippen LogP contribution in [0.25, 0.3) is 37.0 Å². The second kappa shape index (κ2) is 11.8. The van der Waals surface area contributed by atoms with Crippen LogP contribution in [0.3, 0.4) is 0 Å². The number of hydrogen-bond acceptors (Lipinski definition) is 7. The first-order valence-corrected chi connectivity index (χ1v) is 14.9. The monoisotopic (exact) mass is 606 g/mol. The lowest BCUT2D eigenvalue weighted by Crippen LogP contribution is -2.56. The van der Waals surface area contributed by atoms with E-state index in [1.54, 1.807) is 24.3 Å². The van der Waals surface area contributed by atoms with Crippen LogP contribution >= 0.6 is 11.3 Å². The molecular weight excluding hydrogens is 577 g/mol. The fourth-order valence-corrected chi connectivity index (χ4v) is 6.90. The second-order valence-electron chi connectivity index (χ2n) is 10.9. The molecular formula is C31H29F3N6O2S. The zero-order valence-electron chi connectivity index (χ0n) is 23.5. The first-order chi connectivity index (χ1) is 20.7. The molecule has 4 heterocycles. The molecule has 0 saturated carbocycles. The molecule has 43 heavy (non-hydrogen) atoms. The highest BCUT2D eigenvalue weighted by Gasteiger charge is 2.35. The van der Waals surface area contributed by atoms with Gasteiger partial charge in [0.2, 0.25) is 6.54 Å². The number of piperazine rings is 1. The minimum absolute atomic E-state index is 0.0458. The fourth-order valence-electron chi connectivity index (χ4n) is 5.96. The van der Waals surface area contributed by atoms with E-state index in [9.17, 15) is 13.6 Å². The van der Waals surface area contributed by atoms with Gasteiger partial charge in [0.15, 0.2) is 5.83 Å². The summed E-state index contributed by atoms with van der Waals surface area (Å²) in [6.45, 7) is 12.4. The van der Waals surface area contributed by atoms with Crippen molar-refractivity contribution in [3.8, 4) is 17.1 Å². The molecule has 2 aromatic carbocycles. The number of likely N-dealkylation sites (tertiary alicyclic amines) is 1. The number of hydrogen-bond donors (Lipinski definition) is 0. The van der Waals surface area contributed by atoms with Gasteiger partial charge in [-0.05, 0) is 38.6 Å². The number of fused-ring (bicyclic) bond motifs is 2. The SMILES string of the molecule is [C-]#[N+]C[C@H]1CN(c2nc(OC[C@@H]3CCCN3C)nc3cc(-c4cccc5c(F)csc45)c(F)cc23)CCN1C(=O)C(=C)F. The van der Waals surface area contributed by atoms with Gasteiger partial charge in [-0.25, -0.2) is 19.7 Å². The van der Waals surface area contributed by atoms with E-state index in [2.05, 4.69) is 21.3 Å². The van der Waals surface area contributed by atoms with Crippen LogP contribution in [-0.2, 0) is 4.79 Å². The van der Waals surface area contributed by atoms with Crippen molar-refractivity contribution in [2.24, 2.45) is 0 Å². The van der Waals surface area contributed by atoms with Crippen LogP contribution in [0.2, 0.25) is 0 Å². The van der Waals surface area contributed by atoms with Gasteiger partial charge in [-0.15, -0.1) is 11.3 Å². The summed E-state index contributed by atoms with van der Waals surface area (Å²) in [4.78, 5) is 30.7. The van der Waals surface area contributed by atoms with Gasteiger partial charge in [0.25, 0.3) is 5.91 Å². The van der Waals surface area contributed by atoms with E-state index < -0.39 is 23.6 Å². The lowest BCUT2D eigenvalue weighted by atomic mass is 10.0. The molecule has 0 N–H and O–H groups in total. The highest BCUT2D eigenvalue weighted by Crippen LogP contribution is 2.39. The Hall–Kier alpha value is -4.21. The fraction of sp³-hybridized carbons (Fsp3) is 0.355. The molecule has 2 aliphatic heterocycles. The lowest BCUT2D eigenvalue weighted by Gasteiger charge is -2.39. The molecule has 4 aromatic rings. The third-order valence-corrected chi connectivity index (χ3v) is 9.24. The first-order valence-electron chi connectivity index (χ1n) is 14.0. The summed E-state index contributed by atoms with van der Waals surface area (Å²) in [5, 5.41) is 2.25. The Balaban J connectivity index is 1.43. The standard InChI is InChI=1S/C31H29F3N6O2S/c1-18(32)30(41)40-11-10-39(15-20(40)14-35-2)29-24-12-25(33)23(21-7-4-8-22-26(34)17-43-28(21)22)13-27(24)36-31(37-29)42-16-19-6-5-9-38(19)3/h4,7-8,12-13,17,19-20H,1,5-6,9-11,14-16H2,3H3/t19-,20-/m0/s1. The summed E-state index contributed by atoms with van der Waals surface area (Å²) in [5.41, 5.74) is 1.26. The van der Waals surface area contributed by atoms with Crippen LogP contribution in [-0.4, -0.2) is 84.1 Å². The topological polar surface area (TPSA) is 66.2 Å². The molecule has 6 rings (SSSR count). The van der Waals surface area contributed by atoms with Crippen molar-refractivity contribution in [2.45, 2.75) is 24.9 Å². The Morgan fingerprint density at radius 2 is 1.98 bits per heavy atom. The van der Waals surface area contributed by atoms with E-state index in [0.29, 0.717) is 39.0 Å². The second-order valence-corrected chi connectivity index (χ2v) is 11.8. The number of benzene rings is 2. The van der Waals surface area contributed by atoms with Crippen molar-refractivity contribution >= 4 is 44.1 Å². The maximum Gasteiger partial charge on any atom is 0.319 e. The van der Waals surface area contributed by atoms with Gasteiger partial charge < -0.3 is 24.3 Å². The van der Waals surface area contributed by atoms with Gasteiger partial charge in [0.05, 0.1) is 5.52 Å². The number of carbonyl (C=O) groups is 1. The van der Waals surface area contributed by atoms with Gasteiger partial charge >= 0.3 is 6.01 Å². The number of nitrogens with zero attached hydrogens (tertiary/aromatic N) is 6. The van der Waals surface area contributed by atoms with Crippen molar-refractivity contribution < 1.29 is 22.7 Å². The highest BCUT2D eigenvalue weighted by molar-refractivity contribution is 7.17. The molecule has 2 atom stereocenters. The van der Waals surface area contributed by atoms with Crippen molar-refractivity contribution in [2.75, 3.05) is 51.3 Å². The minimum Gasteiger partial charge on any atom is -0.462 e. The number of thiophene rings is 1. The quantitative estimate of drug-likeness (QED) is 0.199. The van der Waals surface area contributed by atoms with Crippen LogP contribution in [0, 0.1) is 18.2 Å². The maximum absolute atomic E-state index is 15.9. The van der Waals surface area contributed by atoms with E-state index >= 15 is 4.39 Å². The van der Waals surface area contributed by atoms with Gasteiger partial charge in [-0.3, -0.25) is 4.79 Å². The minimum atomic E-state index is -1.08. The highest BCUT2D eigenvalue weighted by atomic mass is 32.1. The van der Waals surface area contributed by atoms with Gasteiger partial charge in [0, 0.05) is 57.7 Å². The number of halogens is 3. The largest absolute Gasteiger partial charge is 0.462 e. The molecule has 2 aliphatic rings. The third-order valence-electron chi connectivity index (χ3n) is 8.24. The summed E-state index contributed by atoms with van der Waals surface area (Å²) >= 11 is 1.21. The van der Waals surface area contributed by atoms with E-state index in [1.165, 1.54) is 27.7 Å². The van der Waals surface area contributed by atoms with Crippen molar-refractivity contribution in [3.63, 3.8) is 0 Å². The molecule has 0 aliphatic carbocycles. The number of aromatic nitrogens is 2. The molecule has 222 valence electrons. The van der Waals surface area contributed by atoms with Crippen LogP contribution in [0.5, 0.6) is 6.01 Å². The molecule has 0 bridgehead atoms. The average molecular weight is 607 g/mol. The van der Waals surface area contributed by atoms with Gasteiger partial charge in [0.1, 0.15) is 30.1 Å². The Morgan fingerprint density at radius 1 is 1.14 bits per heavy atom. The predicted octanol–water partition coefficient (Wildman–Crippen LogP) is 5.68. The van der Waals surface area contributed by atoms with E-state index in [0.717, 1.165) is 19.4 Å². The molecule has 1 amide bonds. The third kappa shape index (κ3) is 5.50. The molecule has 2 aromatic heterocycles. The number of ether oxygens (including phenoxy) is 1. The molecule has 12 heteroatoms. The predicted molar refractivity (Wildman–Crippen MR) is 161 cm³/mol. The number of rotatable bonds is 7. The summed E-state index contributed by atoms with van der Waals surface area (Å²) in [6, 6.07) is 7.81. The zero-order valence-corrected chi connectivity index (χ0v) is 24.3. The molecule has 8 nitrogen and oxygen atoms in total. The maximum atomic E-state index is 15.9. The van der Waals surface area contributed by atoms with E-state index in [4.69, 9.17) is 16.3 Å². The van der Waals surface area contributed by atoms with Crippen molar-refractivity contribution in [3.05, 3.63) is 71.2 Å². The van der Waals surface area contributed by atoms with Crippen molar-refractivity contribution in [1.82, 2.24) is 19.8 Å². The van der Waals surface area contributed by atoms with Crippen molar-refractivity contribution in [1.29, 1.82) is 0 Å². The summed E-state index contributed by atoms with van der Waals surface area (Å²) in [6.07, 6.45) is 2.06. The van der Waals surface area contributed by atoms with Crippen LogP contribution < -0.4 is 9.64 Å². The normalized spacial score (nSPS) is 19.2. The first kappa shape index (κ1) is 28.9. The molecule has 2 saturated heterocycles. The summed E-state index contributed by atoms with van der Waals surface area (Å²) in [7, 11) is 2.04. The molecule has 0 radical (unpaired) electrons. The van der Waals surface area contributed by atoms with E-state index in [1.807, 2.05) is 11.9 Å². The van der Waals surface area contributed by atoms with E-state index in [-0.39, 0.29) is 49.6 Å². The Bertz CT molecular complexity index is 1770. The van der Waals surface area contributed by atoms with Crippen LogP contribution in [0.1, 0.15) is 12.8 Å². The van der Waals surface area contributed by atoms with Crippen LogP contribution in [0.4, 0.5) is 19.0 Å². The number of anilines is 1. The average Bonchev–Trinajstić information content (AvgIpc) is 3.59. The van der Waals surface area contributed by atoms with Gasteiger partial charge in [-0.2, -0.15) is 9.97 Å². The molecule has 0 spiro atoms. The smallest absolute Gasteiger partial charge is 0.319 e. The number of amides is 1. The van der Waals surface area contributed by atoms with Crippen LogP contribution in [0.15, 0.2) is 48.1 Å². The lowest BCUT2D eigenvalue weighted by molar-refractivity contribution is -0.131. The van der Waals surface area contributed by atoms with Gasteiger partial charge in [-0.1, -0.05) is 24.8 Å². The Morgan fingerprint density at radius 3 is 2.72 bits per heavy atom. The summed E-state index contributed by atoms with van der Waals surface area (Å²) < 4.78 is 50.7. The summed E-state index contributed by atoms with van der Waals surface area (Å²) in [5.74, 6) is -2.42. The zero-order chi connectivity index (χ0) is 30.2.